The third-order valence-corrected chi connectivity index (χ3v) is 6.66. The average molecular weight is 277 g/mol. The molecule has 0 aromatic heterocycles. The lowest BCUT2D eigenvalue weighted by Crippen LogP contribution is -2.58. The molecule has 4 fully saturated rings. The Kier molecular flexibility index (Phi) is 3.56. The monoisotopic (exact) mass is 277 g/mol. The number of hydrogen-bond donors (Lipinski definition) is 1. The van der Waals surface area contributed by atoms with E-state index >= 15 is 0 Å². The smallest absolute Gasteiger partial charge is 0.0473 e. The van der Waals surface area contributed by atoms with E-state index in [1.807, 2.05) is 0 Å². The zero-order valence-corrected chi connectivity index (χ0v) is 12.9. The summed E-state index contributed by atoms with van der Waals surface area (Å²) in [6.07, 6.45) is 12.9. The van der Waals surface area contributed by atoms with Crippen molar-refractivity contribution in [3.8, 4) is 0 Å². The van der Waals surface area contributed by atoms with Crippen molar-refractivity contribution in [2.24, 2.45) is 11.7 Å². The van der Waals surface area contributed by atoms with Gasteiger partial charge in [-0.05, 0) is 57.4 Å². The van der Waals surface area contributed by atoms with Crippen LogP contribution in [0.3, 0.4) is 0 Å². The van der Waals surface area contributed by atoms with Crippen molar-refractivity contribution < 1.29 is 0 Å². The minimum absolute atomic E-state index is 0.326. The molecule has 0 spiro atoms. The molecule has 0 aromatic carbocycles. The highest BCUT2D eigenvalue weighted by atomic mass is 15.3. The molecule has 20 heavy (non-hydrogen) atoms. The van der Waals surface area contributed by atoms with Crippen LogP contribution < -0.4 is 5.73 Å². The van der Waals surface area contributed by atoms with Crippen molar-refractivity contribution in [3.05, 3.63) is 0 Å². The fourth-order valence-corrected chi connectivity index (χ4v) is 5.37. The van der Waals surface area contributed by atoms with Gasteiger partial charge in [-0.1, -0.05) is 12.8 Å². The van der Waals surface area contributed by atoms with Gasteiger partial charge in [0.05, 0.1) is 0 Å². The van der Waals surface area contributed by atoms with Gasteiger partial charge in [0.1, 0.15) is 0 Å². The molecule has 0 bridgehead atoms. The summed E-state index contributed by atoms with van der Waals surface area (Å²) in [6.45, 7) is 4.75. The maximum atomic E-state index is 6.32. The minimum atomic E-state index is 0.326. The molecule has 0 aromatic rings. The average Bonchev–Trinajstić information content (AvgIpc) is 2.92. The van der Waals surface area contributed by atoms with Gasteiger partial charge < -0.3 is 5.73 Å². The lowest BCUT2D eigenvalue weighted by molar-refractivity contribution is 0.0581. The first-order valence-corrected chi connectivity index (χ1v) is 9.03. The topological polar surface area (TPSA) is 32.5 Å². The summed E-state index contributed by atoms with van der Waals surface area (Å²) in [7, 11) is 0. The van der Waals surface area contributed by atoms with Gasteiger partial charge in [-0.15, -0.1) is 0 Å². The van der Waals surface area contributed by atoms with E-state index in [1.54, 1.807) is 0 Å². The van der Waals surface area contributed by atoms with Gasteiger partial charge in [-0.2, -0.15) is 0 Å². The molecule has 2 N–H and O–H groups in total. The molecular weight excluding hydrogens is 246 g/mol. The quantitative estimate of drug-likeness (QED) is 0.855. The summed E-state index contributed by atoms with van der Waals surface area (Å²) in [6, 6.07) is 1.77. The predicted molar refractivity (Wildman–Crippen MR) is 82.7 cm³/mol. The number of nitrogens with two attached hydrogens (primary N) is 1. The normalized spacial score (nSPS) is 41.0. The second-order valence-electron chi connectivity index (χ2n) is 7.83. The van der Waals surface area contributed by atoms with Gasteiger partial charge in [-0.25, -0.2) is 0 Å². The van der Waals surface area contributed by atoms with Crippen molar-refractivity contribution in [3.63, 3.8) is 0 Å². The number of likely N-dealkylation sites (tertiary alicyclic amines) is 2. The Morgan fingerprint density at radius 3 is 2.45 bits per heavy atom. The highest BCUT2D eigenvalue weighted by Gasteiger charge is 2.50. The molecule has 4 rings (SSSR count). The lowest BCUT2D eigenvalue weighted by atomic mass is 9.89. The van der Waals surface area contributed by atoms with E-state index in [-0.39, 0.29) is 0 Å². The first-order valence-electron chi connectivity index (χ1n) is 9.03. The first-order chi connectivity index (χ1) is 9.82. The third kappa shape index (κ3) is 2.22. The maximum Gasteiger partial charge on any atom is 0.0473 e. The van der Waals surface area contributed by atoms with Crippen molar-refractivity contribution in [1.29, 1.82) is 0 Å². The van der Waals surface area contributed by atoms with Crippen molar-refractivity contribution in [1.82, 2.24) is 9.80 Å². The molecule has 2 aliphatic heterocycles. The molecule has 2 heterocycles. The summed E-state index contributed by atoms with van der Waals surface area (Å²) in [5.41, 5.74) is 6.65. The standard InChI is InChI=1S/C17H31N3/c18-12-17(9-11-19(13-17)15-7-8-15)20-10-3-6-16(20)14-4-1-2-5-14/h14-16H,1-13,18H2. The van der Waals surface area contributed by atoms with E-state index in [1.165, 1.54) is 77.4 Å². The summed E-state index contributed by atoms with van der Waals surface area (Å²) in [5.74, 6) is 0.982. The van der Waals surface area contributed by atoms with Crippen LogP contribution >= 0.6 is 0 Å². The molecule has 0 radical (unpaired) electrons. The van der Waals surface area contributed by atoms with Crippen molar-refractivity contribution in [2.45, 2.75) is 75.4 Å². The van der Waals surface area contributed by atoms with Gasteiger partial charge in [0.15, 0.2) is 0 Å². The second kappa shape index (κ2) is 5.26. The van der Waals surface area contributed by atoms with Crippen LogP contribution in [-0.4, -0.2) is 53.6 Å². The Labute approximate surface area is 123 Å². The third-order valence-electron chi connectivity index (χ3n) is 6.66. The molecular formula is C17H31N3. The number of rotatable bonds is 4. The van der Waals surface area contributed by atoms with E-state index in [2.05, 4.69) is 9.80 Å². The van der Waals surface area contributed by atoms with E-state index < -0.39 is 0 Å². The SMILES string of the molecule is NCC1(N2CCCC2C2CCCC2)CCN(C2CC2)C1. The van der Waals surface area contributed by atoms with Gasteiger partial charge in [0.2, 0.25) is 0 Å². The van der Waals surface area contributed by atoms with Crippen LogP contribution in [0.2, 0.25) is 0 Å². The van der Waals surface area contributed by atoms with Gasteiger partial charge >= 0.3 is 0 Å². The van der Waals surface area contributed by atoms with Crippen LogP contribution in [0.4, 0.5) is 0 Å². The van der Waals surface area contributed by atoms with Crippen molar-refractivity contribution >= 4 is 0 Å². The zero-order chi connectivity index (χ0) is 13.6. The molecule has 114 valence electrons. The summed E-state index contributed by atoms with van der Waals surface area (Å²) in [5, 5.41) is 0. The Balaban J connectivity index is 1.50. The van der Waals surface area contributed by atoms with E-state index in [4.69, 9.17) is 5.73 Å². The largest absolute Gasteiger partial charge is 0.329 e. The fraction of sp³-hybridized carbons (Fsp3) is 1.00. The van der Waals surface area contributed by atoms with Crippen LogP contribution in [0.1, 0.15) is 57.8 Å². The zero-order valence-electron chi connectivity index (χ0n) is 12.9. The van der Waals surface area contributed by atoms with Crippen LogP contribution in [0.5, 0.6) is 0 Å². The highest BCUT2D eigenvalue weighted by Crippen LogP contribution is 2.43. The molecule has 2 unspecified atom stereocenters. The van der Waals surface area contributed by atoms with Crippen LogP contribution in [0.25, 0.3) is 0 Å². The highest BCUT2D eigenvalue weighted by molar-refractivity contribution is 5.07. The Bertz CT molecular complexity index is 348. The number of hydrogen-bond acceptors (Lipinski definition) is 3. The van der Waals surface area contributed by atoms with Gasteiger partial charge in [0, 0.05) is 37.3 Å². The molecule has 3 nitrogen and oxygen atoms in total. The molecule has 4 aliphatic rings. The van der Waals surface area contributed by atoms with Crippen LogP contribution in [-0.2, 0) is 0 Å². The first kappa shape index (κ1) is 13.5. The van der Waals surface area contributed by atoms with Gasteiger partial charge in [0.25, 0.3) is 0 Å². The number of nitrogens with zero attached hydrogens (tertiary/aromatic N) is 2. The Morgan fingerprint density at radius 1 is 0.950 bits per heavy atom. The Morgan fingerprint density at radius 2 is 1.75 bits per heavy atom. The second-order valence-corrected chi connectivity index (χ2v) is 7.83. The molecule has 2 atom stereocenters. The molecule has 2 saturated carbocycles. The molecule has 0 amide bonds. The van der Waals surface area contributed by atoms with E-state index in [9.17, 15) is 0 Å². The van der Waals surface area contributed by atoms with E-state index in [0.29, 0.717) is 5.54 Å². The van der Waals surface area contributed by atoms with Crippen LogP contribution in [0.15, 0.2) is 0 Å². The Hall–Kier alpha value is -0.120. The lowest BCUT2D eigenvalue weighted by Gasteiger charge is -2.44. The molecule has 3 heteroatoms. The van der Waals surface area contributed by atoms with Gasteiger partial charge in [-0.3, -0.25) is 9.80 Å². The summed E-state index contributed by atoms with van der Waals surface area (Å²) in [4.78, 5) is 5.64. The molecule has 2 saturated heterocycles. The minimum Gasteiger partial charge on any atom is -0.329 e. The summed E-state index contributed by atoms with van der Waals surface area (Å²) >= 11 is 0. The summed E-state index contributed by atoms with van der Waals surface area (Å²) < 4.78 is 0. The van der Waals surface area contributed by atoms with Crippen molar-refractivity contribution in [2.75, 3.05) is 26.2 Å². The van der Waals surface area contributed by atoms with E-state index in [0.717, 1.165) is 24.5 Å². The maximum absolute atomic E-state index is 6.32. The fourth-order valence-electron chi connectivity index (χ4n) is 5.37. The van der Waals surface area contributed by atoms with Crippen LogP contribution in [0, 0.1) is 5.92 Å². The predicted octanol–water partition coefficient (Wildman–Crippen LogP) is 2.21. The molecule has 2 aliphatic carbocycles.